The molecule has 1 nitrogen and oxygen atoms in total. The minimum Gasteiger partial charge on any atom is -0.367 e. The van der Waals surface area contributed by atoms with Crippen LogP contribution < -0.4 is 4.90 Å². The van der Waals surface area contributed by atoms with Crippen LogP contribution in [0.15, 0.2) is 30.3 Å². The fraction of sp³-hybridized carbons (Fsp3) is 0.273. The van der Waals surface area contributed by atoms with E-state index in [1.165, 1.54) is 15.1 Å². The molecule has 0 saturated carbocycles. The summed E-state index contributed by atoms with van der Waals surface area (Å²) in [5.74, 6) is 0. The summed E-state index contributed by atoms with van der Waals surface area (Å²) >= 11 is 1.86. The van der Waals surface area contributed by atoms with E-state index in [0.29, 0.717) is 0 Å². The van der Waals surface area contributed by atoms with Crippen molar-refractivity contribution in [2.24, 2.45) is 0 Å². The van der Waals surface area contributed by atoms with Gasteiger partial charge in [-0.05, 0) is 24.4 Å². The summed E-state index contributed by atoms with van der Waals surface area (Å²) in [5, 5.41) is 2.70. The van der Waals surface area contributed by atoms with Gasteiger partial charge in [0.25, 0.3) is 0 Å². The first-order valence-electron chi connectivity index (χ1n) is 4.51. The van der Waals surface area contributed by atoms with E-state index in [4.69, 9.17) is 0 Å². The first-order chi connectivity index (χ1) is 6.31. The molecule has 0 fully saturated rings. The van der Waals surface area contributed by atoms with Crippen molar-refractivity contribution >= 4 is 26.4 Å². The Labute approximate surface area is 82.6 Å². The van der Waals surface area contributed by atoms with Gasteiger partial charge in [-0.1, -0.05) is 18.2 Å². The van der Waals surface area contributed by atoms with Crippen molar-refractivity contribution < 1.29 is 0 Å². The van der Waals surface area contributed by atoms with E-state index in [9.17, 15) is 0 Å². The molecule has 0 atom stereocenters. The molecule has 68 valence electrons. The highest BCUT2D eigenvalue weighted by Crippen LogP contribution is 2.31. The highest BCUT2D eigenvalue weighted by atomic mass is 32.1. The second-order valence-corrected chi connectivity index (χ2v) is 4.20. The number of nitrogens with zero attached hydrogens (tertiary/aromatic N) is 1. The van der Waals surface area contributed by atoms with E-state index in [-0.39, 0.29) is 0 Å². The molecule has 0 N–H and O–H groups in total. The molecule has 0 unspecified atom stereocenters. The van der Waals surface area contributed by atoms with Gasteiger partial charge >= 0.3 is 0 Å². The van der Waals surface area contributed by atoms with Crippen LogP contribution in [0.2, 0.25) is 0 Å². The Morgan fingerprint density at radius 3 is 2.77 bits per heavy atom. The SMILES string of the molecule is CCN(C)c1cc2ccccc2s1. The molecule has 2 aromatic rings. The average Bonchev–Trinajstić information content (AvgIpc) is 2.59. The summed E-state index contributed by atoms with van der Waals surface area (Å²) in [5.41, 5.74) is 0. The minimum absolute atomic E-state index is 1.06. The molecule has 0 radical (unpaired) electrons. The van der Waals surface area contributed by atoms with Crippen LogP contribution in [0.5, 0.6) is 0 Å². The highest BCUT2D eigenvalue weighted by Gasteiger charge is 2.03. The van der Waals surface area contributed by atoms with Crippen molar-refractivity contribution in [2.75, 3.05) is 18.5 Å². The molecule has 0 aliphatic heterocycles. The van der Waals surface area contributed by atoms with E-state index in [0.717, 1.165) is 6.54 Å². The fourth-order valence-corrected chi connectivity index (χ4v) is 2.40. The number of rotatable bonds is 2. The molecule has 1 aromatic carbocycles. The van der Waals surface area contributed by atoms with Crippen LogP contribution in [-0.4, -0.2) is 13.6 Å². The molecule has 2 rings (SSSR count). The zero-order valence-electron chi connectivity index (χ0n) is 7.95. The zero-order chi connectivity index (χ0) is 9.26. The van der Waals surface area contributed by atoms with Crippen LogP contribution in [-0.2, 0) is 0 Å². The second-order valence-electron chi connectivity index (χ2n) is 3.14. The van der Waals surface area contributed by atoms with E-state index in [2.05, 4.69) is 49.2 Å². The van der Waals surface area contributed by atoms with E-state index >= 15 is 0 Å². The predicted octanol–water partition coefficient (Wildman–Crippen LogP) is 3.36. The number of fused-ring (bicyclic) bond motifs is 1. The van der Waals surface area contributed by atoms with Crippen LogP contribution in [0.4, 0.5) is 5.00 Å². The first-order valence-corrected chi connectivity index (χ1v) is 5.32. The van der Waals surface area contributed by atoms with Gasteiger partial charge in [0.15, 0.2) is 0 Å². The van der Waals surface area contributed by atoms with Crippen molar-refractivity contribution in [3.63, 3.8) is 0 Å². The summed E-state index contributed by atoms with van der Waals surface area (Å²) < 4.78 is 1.37. The molecule has 0 spiro atoms. The lowest BCUT2D eigenvalue weighted by molar-refractivity contribution is 0.982. The Hall–Kier alpha value is -1.02. The largest absolute Gasteiger partial charge is 0.367 e. The molecular formula is C11H13NS. The van der Waals surface area contributed by atoms with Crippen molar-refractivity contribution in [1.29, 1.82) is 0 Å². The summed E-state index contributed by atoms with van der Waals surface area (Å²) in [6.45, 7) is 3.23. The van der Waals surface area contributed by atoms with Crippen LogP contribution in [0.25, 0.3) is 10.1 Å². The molecule has 13 heavy (non-hydrogen) atoms. The van der Waals surface area contributed by atoms with Gasteiger partial charge in [-0.15, -0.1) is 11.3 Å². The van der Waals surface area contributed by atoms with Crippen molar-refractivity contribution in [3.05, 3.63) is 30.3 Å². The van der Waals surface area contributed by atoms with E-state index < -0.39 is 0 Å². The number of hydrogen-bond acceptors (Lipinski definition) is 2. The van der Waals surface area contributed by atoms with Crippen molar-refractivity contribution in [2.45, 2.75) is 6.92 Å². The lowest BCUT2D eigenvalue weighted by Crippen LogP contribution is -2.13. The van der Waals surface area contributed by atoms with Gasteiger partial charge in [-0.2, -0.15) is 0 Å². The summed E-state index contributed by atoms with van der Waals surface area (Å²) in [6.07, 6.45) is 0. The Bertz CT molecular complexity index is 372. The summed E-state index contributed by atoms with van der Waals surface area (Å²) in [4.78, 5) is 2.27. The third kappa shape index (κ3) is 1.54. The number of anilines is 1. The molecule has 0 saturated heterocycles. The normalized spacial score (nSPS) is 10.6. The van der Waals surface area contributed by atoms with Crippen LogP contribution in [0, 0.1) is 0 Å². The van der Waals surface area contributed by atoms with E-state index in [1.807, 2.05) is 11.3 Å². The first kappa shape index (κ1) is 8.57. The highest BCUT2D eigenvalue weighted by molar-refractivity contribution is 7.22. The van der Waals surface area contributed by atoms with Crippen molar-refractivity contribution in [1.82, 2.24) is 0 Å². The monoisotopic (exact) mass is 191 g/mol. The second kappa shape index (κ2) is 3.38. The molecule has 0 aliphatic rings. The molecular weight excluding hydrogens is 178 g/mol. The van der Waals surface area contributed by atoms with Gasteiger partial charge in [0, 0.05) is 18.3 Å². The molecule has 2 heteroatoms. The van der Waals surface area contributed by atoms with Crippen molar-refractivity contribution in [3.8, 4) is 0 Å². The smallest absolute Gasteiger partial charge is 0.0918 e. The maximum atomic E-state index is 2.27. The Morgan fingerprint density at radius 2 is 2.08 bits per heavy atom. The van der Waals surface area contributed by atoms with Crippen LogP contribution in [0.3, 0.4) is 0 Å². The van der Waals surface area contributed by atoms with Gasteiger partial charge in [-0.25, -0.2) is 0 Å². The number of hydrogen-bond donors (Lipinski definition) is 0. The van der Waals surface area contributed by atoms with Crippen LogP contribution >= 0.6 is 11.3 Å². The summed E-state index contributed by atoms with van der Waals surface area (Å²) in [7, 11) is 2.13. The Balaban J connectivity index is 2.49. The number of thiophene rings is 1. The third-order valence-electron chi connectivity index (χ3n) is 2.26. The van der Waals surface area contributed by atoms with Gasteiger partial charge in [-0.3, -0.25) is 0 Å². The predicted molar refractivity (Wildman–Crippen MR) is 60.8 cm³/mol. The van der Waals surface area contributed by atoms with Gasteiger partial charge in [0.05, 0.1) is 5.00 Å². The maximum Gasteiger partial charge on any atom is 0.0918 e. The van der Waals surface area contributed by atoms with Gasteiger partial charge in [0.1, 0.15) is 0 Å². The fourth-order valence-electron chi connectivity index (χ4n) is 1.31. The summed E-state index contributed by atoms with van der Waals surface area (Å²) in [6, 6.07) is 10.8. The van der Waals surface area contributed by atoms with Gasteiger partial charge < -0.3 is 4.90 Å². The standard InChI is InChI=1S/C11H13NS/c1-3-12(2)11-8-9-6-4-5-7-10(9)13-11/h4-8H,3H2,1-2H3. The Morgan fingerprint density at radius 1 is 1.31 bits per heavy atom. The Kier molecular flexibility index (Phi) is 2.23. The molecule has 0 bridgehead atoms. The topological polar surface area (TPSA) is 3.24 Å². The third-order valence-corrected chi connectivity index (χ3v) is 3.49. The van der Waals surface area contributed by atoms with Gasteiger partial charge in [0.2, 0.25) is 0 Å². The maximum absolute atomic E-state index is 2.27. The molecule has 0 amide bonds. The lowest BCUT2D eigenvalue weighted by Gasteiger charge is -2.12. The zero-order valence-corrected chi connectivity index (χ0v) is 8.77. The quantitative estimate of drug-likeness (QED) is 0.703. The van der Waals surface area contributed by atoms with E-state index in [1.54, 1.807) is 0 Å². The average molecular weight is 191 g/mol. The minimum atomic E-state index is 1.06. The lowest BCUT2D eigenvalue weighted by atomic mass is 10.3. The molecule has 1 heterocycles. The number of benzene rings is 1. The molecule has 0 aliphatic carbocycles. The molecule has 1 aromatic heterocycles. The van der Waals surface area contributed by atoms with Crippen LogP contribution in [0.1, 0.15) is 6.92 Å².